The van der Waals surface area contributed by atoms with Crippen LogP contribution in [0.2, 0.25) is 0 Å². The van der Waals surface area contributed by atoms with Crippen LogP contribution in [-0.2, 0) is 4.79 Å². The Morgan fingerprint density at radius 2 is 1.54 bits per heavy atom. The highest BCUT2D eigenvalue weighted by Crippen LogP contribution is 2.44. The van der Waals surface area contributed by atoms with Gasteiger partial charge in [0.1, 0.15) is 0 Å². The van der Waals surface area contributed by atoms with Crippen molar-refractivity contribution < 1.29 is 9.90 Å². The Balaban J connectivity index is 1.38. The van der Waals surface area contributed by atoms with E-state index >= 15 is 0 Å². The zero-order valence-corrected chi connectivity index (χ0v) is 16.2. The van der Waals surface area contributed by atoms with Gasteiger partial charge in [-0.05, 0) is 87.5 Å². The summed E-state index contributed by atoms with van der Waals surface area (Å²) in [7, 11) is 0. The van der Waals surface area contributed by atoms with Crippen LogP contribution in [-0.4, -0.2) is 11.1 Å². The molecule has 2 saturated carbocycles. The van der Waals surface area contributed by atoms with E-state index < -0.39 is 5.97 Å². The fraction of sp³-hybridized carbons (Fsp3) is 0.625. The Morgan fingerprint density at radius 3 is 2.12 bits per heavy atom. The number of allylic oxidation sites excluding steroid dienone is 1. The molecule has 3 rings (SSSR count). The molecule has 0 aromatic heterocycles. The third-order valence-electron chi connectivity index (χ3n) is 6.88. The molecule has 1 N–H and O–H groups in total. The first-order chi connectivity index (χ1) is 12.6. The maximum atomic E-state index is 10.5. The van der Waals surface area contributed by atoms with Crippen LogP contribution >= 0.6 is 0 Å². The van der Waals surface area contributed by atoms with Crippen molar-refractivity contribution in [1.29, 1.82) is 0 Å². The molecule has 2 fully saturated rings. The van der Waals surface area contributed by atoms with E-state index in [1.807, 2.05) is 6.08 Å². The van der Waals surface area contributed by atoms with Crippen molar-refractivity contribution in [2.75, 3.05) is 0 Å². The number of carboxylic acid groups (broad SMARTS) is 1. The lowest BCUT2D eigenvalue weighted by molar-refractivity contribution is -0.131. The summed E-state index contributed by atoms with van der Waals surface area (Å²) in [5.74, 6) is 2.66. The van der Waals surface area contributed by atoms with Crippen molar-refractivity contribution in [3.8, 4) is 0 Å². The largest absolute Gasteiger partial charge is 0.478 e. The molecule has 0 spiro atoms. The molecule has 2 aliphatic carbocycles. The third kappa shape index (κ3) is 5.46. The number of hydrogen-bond donors (Lipinski definition) is 1. The summed E-state index contributed by atoms with van der Waals surface area (Å²) in [4.78, 5) is 10.5. The SMILES string of the molecule is Cc1ccc([C@H]2CC[C@H]([C@H]3CC[C@H](CC/C=C/C(=O)O)CC3)CC2)cc1. The predicted octanol–water partition coefficient (Wildman–Crippen LogP) is 6.50. The summed E-state index contributed by atoms with van der Waals surface area (Å²) in [6, 6.07) is 9.19. The molecule has 2 heteroatoms. The number of carbonyl (C=O) groups is 1. The summed E-state index contributed by atoms with van der Waals surface area (Å²) < 4.78 is 0. The summed E-state index contributed by atoms with van der Waals surface area (Å²) >= 11 is 0. The van der Waals surface area contributed by atoms with Crippen LogP contribution in [0, 0.1) is 24.7 Å². The van der Waals surface area contributed by atoms with E-state index in [2.05, 4.69) is 31.2 Å². The summed E-state index contributed by atoms with van der Waals surface area (Å²) in [5, 5.41) is 8.65. The molecule has 1 aromatic carbocycles. The van der Waals surface area contributed by atoms with Crippen molar-refractivity contribution >= 4 is 5.97 Å². The van der Waals surface area contributed by atoms with Crippen LogP contribution in [0.15, 0.2) is 36.4 Å². The average molecular weight is 355 g/mol. The molecular weight excluding hydrogens is 320 g/mol. The van der Waals surface area contributed by atoms with Crippen molar-refractivity contribution in [2.45, 2.75) is 77.0 Å². The van der Waals surface area contributed by atoms with E-state index in [0.717, 1.165) is 36.5 Å². The molecule has 0 radical (unpaired) electrons. The molecule has 0 aliphatic heterocycles. The van der Waals surface area contributed by atoms with Crippen molar-refractivity contribution in [1.82, 2.24) is 0 Å². The van der Waals surface area contributed by atoms with Crippen LogP contribution in [0.1, 0.15) is 81.3 Å². The van der Waals surface area contributed by atoms with Gasteiger partial charge in [-0.1, -0.05) is 48.7 Å². The fourth-order valence-corrected chi connectivity index (χ4v) is 5.23. The van der Waals surface area contributed by atoms with Gasteiger partial charge in [-0.15, -0.1) is 0 Å². The Hall–Kier alpha value is -1.57. The van der Waals surface area contributed by atoms with Crippen LogP contribution in [0.5, 0.6) is 0 Å². The predicted molar refractivity (Wildman–Crippen MR) is 107 cm³/mol. The van der Waals surface area contributed by atoms with Crippen LogP contribution in [0.4, 0.5) is 0 Å². The molecule has 0 atom stereocenters. The summed E-state index contributed by atoms with van der Waals surface area (Å²) in [5.41, 5.74) is 2.91. The topological polar surface area (TPSA) is 37.3 Å². The third-order valence-corrected chi connectivity index (χ3v) is 6.88. The minimum Gasteiger partial charge on any atom is -0.478 e. The van der Waals surface area contributed by atoms with E-state index in [9.17, 15) is 4.79 Å². The number of benzene rings is 1. The van der Waals surface area contributed by atoms with E-state index in [4.69, 9.17) is 5.11 Å². The van der Waals surface area contributed by atoms with Gasteiger partial charge >= 0.3 is 5.97 Å². The summed E-state index contributed by atoms with van der Waals surface area (Å²) in [6.45, 7) is 2.17. The van der Waals surface area contributed by atoms with Gasteiger partial charge in [0.25, 0.3) is 0 Å². The van der Waals surface area contributed by atoms with Gasteiger partial charge in [0.05, 0.1) is 0 Å². The molecule has 1 aromatic rings. The van der Waals surface area contributed by atoms with Gasteiger partial charge < -0.3 is 5.11 Å². The van der Waals surface area contributed by atoms with Crippen molar-refractivity contribution in [3.05, 3.63) is 47.5 Å². The lowest BCUT2D eigenvalue weighted by Gasteiger charge is -2.38. The van der Waals surface area contributed by atoms with Gasteiger partial charge in [-0.25, -0.2) is 4.79 Å². The van der Waals surface area contributed by atoms with Crippen LogP contribution < -0.4 is 0 Å². The molecule has 0 unspecified atom stereocenters. The normalized spacial score (nSPS) is 29.7. The van der Waals surface area contributed by atoms with E-state index in [1.165, 1.54) is 63.0 Å². The second-order valence-corrected chi connectivity index (χ2v) is 8.62. The Kier molecular flexibility index (Phi) is 6.93. The maximum Gasteiger partial charge on any atom is 0.327 e. The molecule has 2 aliphatic rings. The number of hydrogen-bond acceptors (Lipinski definition) is 1. The first-order valence-electron chi connectivity index (χ1n) is 10.6. The molecular formula is C24H34O2. The first kappa shape index (κ1) is 19.2. The number of aryl methyl sites for hydroxylation is 1. The van der Waals surface area contributed by atoms with Gasteiger partial charge in [0, 0.05) is 6.08 Å². The average Bonchev–Trinajstić information content (AvgIpc) is 2.66. The Bertz CT molecular complexity index is 585. The number of carboxylic acids is 1. The maximum absolute atomic E-state index is 10.5. The molecule has 26 heavy (non-hydrogen) atoms. The van der Waals surface area contributed by atoms with Gasteiger partial charge in [0.2, 0.25) is 0 Å². The minimum atomic E-state index is -0.824. The highest BCUT2D eigenvalue weighted by Gasteiger charge is 2.31. The molecule has 0 heterocycles. The standard InChI is InChI=1S/C24H34O2/c1-18-6-10-20(11-7-18)22-14-16-23(17-15-22)21-12-8-19(9-13-21)4-2-3-5-24(25)26/h3,5-7,10-11,19,21-23H,2,4,8-9,12-17H2,1H3,(H,25,26)/b5-3+/t19-,21-,22-,23-. The molecule has 2 nitrogen and oxygen atoms in total. The Morgan fingerprint density at radius 1 is 0.962 bits per heavy atom. The zero-order valence-electron chi connectivity index (χ0n) is 16.2. The van der Waals surface area contributed by atoms with Crippen LogP contribution in [0.25, 0.3) is 0 Å². The summed E-state index contributed by atoms with van der Waals surface area (Å²) in [6.07, 6.45) is 16.2. The monoisotopic (exact) mass is 354 g/mol. The second kappa shape index (κ2) is 9.39. The minimum absolute atomic E-state index is 0.782. The van der Waals surface area contributed by atoms with E-state index in [0.29, 0.717) is 0 Å². The molecule has 142 valence electrons. The van der Waals surface area contributed by atoms with E-state index in [-0.39, 0.29) is 0 Å². The van der Waals surface area contributed by atoms with Crippen molar-refractivity contribution in [3.63, 3.8) is 0 Å². The van der Waals surface area contributed by atoms with Gasteiger partial charge in [0.15, 0.2) is 0 Å². The lowest BCUT2D eigenvalue weighted by Crippen LogP contribution is -2.25. The highest BCUT2D eigenvalue weighted by atomic mass is 16.4. The smallest absolute Gasteiger partial charge is 0.327 e. The van der Waals surface area contributed by atoms with Crippen LogP contribution in [0.3, 0.4) is 0 Å². The Labute approximate surface area is 158 Å². The number of aliphatic carboxylic acids is 1. The number of rotatable bonds is 6. The molecule has 0 bridgehead atoms. The molecule has 0 amide bonds. The fourth-order valence-electron chi connectivity index (χ4n) is 5.23. The van der Waals surface area contributed by atoms with Crippen molar-refractivity contribution in [2.24, 2.45) is 17.8 Å². The first-order valence-corrected chi connectivity index (χ1v) is 10.6. The highest BCUT2D eigenvalue weighted by molar-refractivity contribution is 5.79. The van der Waals surface area contributed by atoms with Gasteiger partial charge in [-0.2, -0.15) is 0 Å². The zero-order chi connectivity index (χ0) is 18.4. The molecule has 0 saturated heterocycles. The van der Waals surface area contributed by atoms with E-state index in [1.54, 1.807) is 5.56 Å². The lowest BCUT2D eigenvalue weighted by atomic mass is 9.68. The second-order valence-electron chi connectivity index (χ2n) is 8.62. The quantitative estimate of drug-likeness (QED) is 0.592. The van der Waals surface area contributed by atoms with Gasteiger partial charge in [-0.3, -0.25) is 0 Å².